The minimum Gasteiger partial charge on any atom is -0.478 e. The molecule has 1 aromatic rings. The van der Waals surface area contributed by atoms with Gasteiger partial charge >= 0.3 is 12.0 Å². The van der Waals surface area contributed by atoms with Crippen LogP contribution in [0.2, 0.25) is 0 Å². The van der Waals surface area contributed by atoms with Crippen LogP contribution < -0.4 is 5.32 Å². The normalized spacial score (nSPS) is 14.0. The molecule has 6 heteroatoms. The molecule has 5 nitrogen and oxygen atoms in total. The molecular weight excluding hydrogens is 251 g/mol. The van der Waals surface area contributed by atoms with Gasteiger partial charge in [0, 0.05) is 18.3 Å². The van der Waals surface area contributed by atoms with Crippen molar-refractivity contribution in [2.75, 3.05) is 11.9 Å². The van der Waals surface area contributed by atoms with Crippen LogP contribution in [0, 0.1) is 5.82 Å². The second-order valence-corrected chi connectivity index (χ2v) is 4.45. The van der Waals surface area contributed by atoms with Gasteiger partial charge in [0.1, 0.15) is 5.82 Å². The highest BCUT2D eigenvalue weighted by Gasteiger charge is 2.31. The van der Waals surface area contributed by atoms with Gasteiger partial charge in [0.25, 0.3) is 0 Å². The van der Waals surface area contributed by atoms with Crippen LogP contribution in [0.5, 0.6) is 0 Å². The number of carboxylic acids is 1. The molecule has 1 saturated carbocycles. The summed E-state index contributed by atoms with van der Waals surface area (Å²) in [6.07, 6.45) is 1.98. The third-order valence-corrected chi connectivity index (χ3v) is 3.04. The lowest BCUT2D eigenvalue weighted by atomic mass is 10.2. The van der Waals surface area contributed by atoms with Crippen molar-refractivity contribution in [1.82, 2.24) is 4.90 Å². The number of amides is 2. The van der Waals surface area contributed by atoms with Crippen LogP contribution in [0.15, 0.2) is 18.2 Å². The zero-order valence-corrected chi connectivity index (χ0v) is 10.5. The summed E-state index contributed by atoms with van der Waals surface area (Å²) in [5, 5.41) is 11.4. The molecule has 0 bridgehead atoms. The van der Waals surface area contributed by atoms with Crippen molar-refractivity contribution in [3.8, 4) is 0 Å². The van der Waals surface area contributed by atoms with Crippen LogP contribution in [-0.2, 0) is 0 Å². The molecular formula is C13H15FN2O3. The summed E-state index contributed by atoms with van der Waals surface area (Å²) < 4.78 is 13.2. The Labute approximate surface area is 110 Å². The van der Waals surface area contributed by atoms with E-state index in [9.17, 15) is 14.0 Å². The van der Waals surface area contributed by atoms with Crippen molar-refractivity contribution >= 4 is 17.7 Å². The van der Waals surface area contributed by atoms with E-state index in [0.717, 1.165) is 25.0 Å². The molecule has 0 saturated heterocycles. The predicted molar refractivity (Wildman–Crippen MR) is 67.8 cm³/mol. The molecule has 0 unspecified atom stereocenters. The summed E-state index contributed by atoms with van der Waals surface area (Å²) in [4.78, 5) is 24.5. The van der Waals surface area contributed by atoms with Crippen molar-refractivity contribution in [3.63, 3.8) is 0 Å². The number of urea groups is 1. The predicted octanol–water partition coefficient (Wildman–Crippen LogP) is 2.54. The Balaban J connectivity index is 2.12. The van der Waals surface area contributed by atoms with Gasteiger partial charge in [-0.1, -0.05) is 0 Å². The minimum atomic E-state index is -1.36. The molecule has 102 valence electrons. The molecule has 0 atom stereocenters. The smallest absolute Gasteiger partial charge is 0.338 e. The molecule has 0 radical (unpaired) electrons. The first-order valence-corrected chi connectivity index (χ1v) is 6.13. The first-order chi connectivity index (χ1) is 9.02. The van der Waals surface area contributed by atoms with Gasteiger partial charge in [-0.05, 0) is 38.0 Å². The lowest BCUT2D eigenvalue weighted by Crippen LogP contribution is -2.36. The molecule has 0 aromatic heterocycles. The Bertz CT molecular complexity index is 515. The highest BCUT2D eigenvalue weighted by Crippen LogP contribution is 2.27. The largest absolute Gasteiger partial charge is 0.478 e. The standard InChI is InChI=1S/C13H15FN2O3/c1-2-16(9-4-5-9)13(19)15-8-3-6-11(14)10(7-8)12(17)18/h3,6-7,9H,2,4-5H2,1H3,(H,15,19)(H,17,18). The maximum absolute atomic E-state index is 13.2. The monoisotopic (exact) mass is 266 g/mol. The van der Waals surface area contributed by atoms with Crippen LogP contribution >= 0.6 is 0 Å². The number of hydrogen-bond donors (Lipinski definition) is 2. The number of hydrogen-bond acceptors (Lipinski definition) is 2. The number of carboxylic acid groups (broad SMARTS) is 1. The Hall–Kier alpha value is -2.11. The van der Waals surface area contributed by atoms with E-state index in [2.05, 4.69) is 5.32 Å². The number of halogens is 1. The molecule has 19 heavy (non-hydrogen) atoms. The lowest BCUT2D eigenvalue weighted by Gasteiger charge is -2.20. The van der Waals surface area contributed by atoms with Gasteiger partial charge in [-0.25, -0.2) is 14.0 Å². The van der Waals surface area contributed by atoms with Crippen LogP contribution in [0.1, 0.15) is 30.1 Å². The zero-order valence-electron chi connectivity index (χ0n) is 10.5. The van der Waals surface area contributed by atoms with E-state index in [1.165, 1.54) is 6.07 Å². The Kier molecular flexibility index (Phi) is 3.69. The fourth-order valence-corrected chi connectivity index (χ4v) is 1.92. The molecule has 2 N–H and O–H groups in total. The summed E-state index contributed by atoms with van der Waals surface area (Å²) in [5.41, 5.74) is -0.171. The fraction of sp³-hybridized carbons (Fsp3) is 0.385. The quantitative estimate of drug-likeness (QED) is 0.879. The first-order valence-electron chi connectivity index (χ1n) is 6.13. The van der Waals surface area contributed by atoms with Crippen LogP contribution in [0.4, 0.5) is 14.9 Å². The van der Waals surface area contributed by atoms with Crippen LogP contribution in [-0.4, -0.2) is 34.6 Å². The number of benzene rings is 1. The zero-order chi connectivity index (χ0) is 14.0. The SMILES string of the molecule is CCN(C(=O)Nc1ccc(F)c(C(=O)O)c1)C1CC1. The number of carbonyl (C=O) groups excluding carboxylic acids is 1. The average molecular weight is 266 g/mol. The number of rotatable bonds is 4. The van der Waals surface area contributed by atoms with Gasteiger partial charge in [0.2, 0.25) is 0 Å². The highest BCUT2D eigenvalue weighted by molar-refractivity contribution is 5.93. The van der Waals surface area contributed by atoms with Crippen LogP contribution in [0.25, 0.3) is 0 Å². The minimum absolute atomic E-state index is 0.268. The van der Waals surface area contributed by atoms with Crippen molar-refractivity contribution in [2.45, 2.75) is 25.8 Å². The topological polar surface area (TPSA) is 69.6 Å². The van der Waals surface area contributed by atoms with Gasteiger partial charge < -0.3 is 15.3 Å². The van der Waals surface area contributed by atoms with Crippen molar-refractivity contribution in [2.24, 2.45) is 0 Å². The van der Waals surface area contributed by atoms with Crippen molar-refractivity contribution in [1.29, 1.82) is 0 Å². The number of aromatic carboxylic acids is 1. The Morgan fingerprint density at radius 3 is 2.68 bits per heavy atom. The summed E-state index contributed by atoms with van der Waals surface area (Å²) in [5.74, 6) is -2.18. The fourth-order valence-electron chi connectivity index (χ4n) is 1.92. The molecule has 2 amide bonds. The maximum atomic E-state index is 13.2. The summed E-state index contributed by atoms with van der Waals surface area (Å²) in [6.45, 7) is 2.47. The molecule has 1 aromatic carbocycles. The molecule has 1 fully saturated rings. The summed E-state index contributed by atoms with van der Waals surface area (Å²) in [7, 11) is 0. The first kappa shape index (κ1) is 13.3. The van der Waals surface area contributed by atoms with Gasteiger partial charge in [-0.3, -0.25) is 0 Å². The molecule has 0 heterocycles. The molecule has 2 rings (SSSR count). The van der Waals surface area contributed by atoms with Crippen molar-refractivity contribution < 1.29 is 19.1 Å². The molecule has 1 aliphatic rings. The van der Waals surface area contributed by atoms with Gasteiger partial charge in [-0.15, -0.1) is 0 Å². The van der Waals surface area contributed by atoms with E-state index in [-0.39, 0.29) is 17.8 Å². The Morgan fingerprint density at radius 2 is 2.16 bits per heavy atom. The number of carbonyl (C=O) groups is 2. The van der Waals surface area contributed by atoms with Gasteiger partial charge in [-0.2, -0.15) is 0 Å². The number of nitrogens with zero attached hydrogens (tertiary/aromatic N) is 1. The third kappa shape index (κ3) is 3.01. The average Bonchev–Trinajstić information content (AvgIpc) is 3.16. The number of nitrogens with one attached hydrogen (secondary N) is 1. The molecule has 0 spiro atoms. The van der Waals surface area contributed by atoms with Crippen LogP contribution in [0.3, 0.4) is 0 Å². The second-order valence-electron chi connectivity index (χ2n) is 4.45. The van der Waals surface area contributed by atoms with E-state index >= 15 is 0 Å². The highest BCUT2D eigenvalue weighted by atomic mass is 19.1. The maximum Gasteiger partial charge on any atom is 0.338 e. The van der Waals surface area contributed by atoms with E-state index < -0.39 is 17.3 Å². The summed E-state index contributed by atoms with van der Waals surface area (Å²) >= 11 is 0. The van der Waals surface area contributed by atoms with Gasteiger partial charge in [0.05, 0.1) is 5.56 Å². The van der Waals surface area contributed by atoms with E-state index in [1.54, 1.807) is 4.90 Å². The van der Waals surface area contributed by atoms with Crippen molar-refractivity contribution in [3.05, 3.63) is 29.6 Å². The van der Waals surface area contributed by atoms with Gasteiger partial charge in [0.15, 0.2) is 0 Å². The van der Waals surface area contributed by atoms with E-state index in [0.29, 0.717) is 6.54 Å². The van der Waals surface area contributed by atoms with E-state index in [1.807, 2.05) is 6.92 Å². The summed E-state index contributed by atoms with van der Waals surface area (Å²) in [6, 6.07) is 3.49. The Morgan fingerprint density at radius 1 is 1.47 bits per heavy atom. The second kappa shape index (κ2) is 5.26. The lowest BCUT2D eigenvalue weighted by molar-refractivity contribution is 0.0692. The number of anilines is 1. The molecule has 0 aliphatic heterocycles. The molecule has 1 aliphatic carbocycles. The van der Waals surface area contributed by atoms with E-state index in [4.69, 9.17) is 5.11 Å². The third-order valence-electron chi connectivity index (χ3n) is 3.04.